The zero-order valence-electron chi connectivity index (χ0n) is 8.15. The summed E-state index contributed by atoms with van der Waals surface area (Å²) in [6.07, 6.45) is 1.01. The Kier molecular flexibility index (Phi) is 1.79. The summed E-state index contributed by atoms with van der Waals surface area (Å²) in [6, 6.07) is 4.63. The van der Waals surface area contributed by atoms with Crippen molar-refractivity contribution in [1.82, 2.24) is 9.55 Å². The van der Waals surface area contributed by atoms with Crippen molar-refractivity contribution in [3.63, 3.8) is 0 Å². The number of benzene rings is 1. The van der Waals surface area contributed by atoms with Crippen molar-refractivity contribution in [1.29, 1.82) is 0 Å². The first-order chi connectivity index (χ1) is 7.24. The molecule has 0 radical (unpaired) electrons. The number of aliphatic hydroxyl groups is 1. The summed E-state index contributed by atoms with van der Waals surface area (Å²) in [5, 5.41) is 9.51. The van der Waals surface area contributed by atoms with Crippen LogP contribution in [-0.4, -0.2) is 20.8 Å². The third-order valence-corrected chi connectivity index (χ3v) is 2.89. The lowest BCUT2D eigenvalue weighted by atomic mass is 10.1. The Bertz CT molecular complexity index is 521. The van der Waals surface area contributed by atoms with Crippen LogP contribution in [0.4, 0.5) is 4.39 Å². The van der Waals surface area contributed by atoms with Crippen molar-refractivity contribution < 1.29 is 9.50 Å². The number of imidazole rings is 1. The van der Waals surface area contributed by atoms with Crippen LogP contribution in [-0.2, 0) is 13.0 Å². The van der Waals surface area contributed by atoms with Crippen molar-refractivity contribution in [3.05, 3.63) is 29.8 Å². The Morgan fingerprint density at radius 1 is 1.47 bits per heavy atom. The van der Waals surface area contributed by atoms with E-state index in [1.54, 1.807) is 6.07 Å². The topological polar surface area (TPSA) is 38.0 Å². The molecule has 4 heteroatoms. The van der Waals surface area contributed by atoms with Gasteiger partial charge >= 0.3 is 0 Å². The highest BCUT2D eigenvalue weighted by Gasteiger charge is 2.20. The minimum Gasteiger partial charge on any atom is -0.393 e. The van der Waals surface area contributed by atoms with Crippen molar-refractivity contribution in [2.24, 2.45) is 0 Å². The maximum atomic E-state index is 13.0. The predicted octanol–water partition coefficient (Wildman–Crippen LogP) is 1.48. The largest absolute Gasteiger partial charge is 0.393 e. The molecular formula is C11H11FN2O. The van der Waals surface area contributed by atoms with Gasteiger partial charge in [-0.3, -0.25) is 0 Å². The highest BCUT2D eigenvalue weighted by molar-refractivity contribution is 5.76. The fraction of sp³-hybridized carbons (Fsp3) is 0.364. The Hall–Kier alpha value is -1.42. The molecule has 3 nitrogen and oxygen atoms in total. The van der Waals surface area contributed by atoms with Crippen LogP contribution in [0.5, 0.6) is 0 Å². The molecule has 78 valence electrons. The van der Waals surface area contributed by atoms with Crippen LogP contribution >= 0.6 is 0 Å². The molecule has 0 bridgehead atoms. The number of fused-ring (bicyclic) bond motifs is 3. The van der Waals surface area contributed by atoms with Crippen LogP contribution in [0, 0.1) is 5.82 Å². The summed E-state index contributed by atoms with van der Waals surface area (Å²) in [5.41, 5.74) is 1.64. The molecule has 1 atom stereocenters. The van der Waals surface area contributed by atoms with E-state index in [-0.39, 0.29) is 11.9 Å². The van der Waals surface area contributed by atoms with E-state index >= 15 is 0 Å². The minimum atomic E-state index is -0.306. The summed E-state index contributed by atoms with van der Waals surface area (Å²) >= 11 is 0. The first-order valence-corrected chi connectivity index (χ1v) is 5.07. The fourth-order valence-electron chi connectivity index (χ4n) is 2.15. The first-order valence-electron chi connectivity index (χ1n) is 5.07. The summed E-state index contributed by atoms with van der Waals surface area (Å²) in [4.78, 5) is 4.33. The molecule has 0 amide bonds. The molecule has 0 fully saturated rings. The maximum Gasteiger partial charge on any atom is 0.125 e. The van der Waals surface area contributed by atoms with Gasteiger partial charge in [0.25, 0.3) is 0 Å². The monoisotopic (exact) mass is 206 g/mol. The molecule has 0 spiro atoms. The summed E-state index contributed by atoms with van der Waals surface area (Å²) < 4.78 is 15.0. The smallest absolute Gasteiger partial charge is 0.125 e. The number of aryl methyl sites for hydroxylation is 1. The summed E-state index contributed by atoms with van der Waals surface area (Å²) in [7, 11) is 0. The zero-order chi connectivity index (χ0) is 10.4. The molecule has 1 unspecified atom stereocenters. The van der Waals surface area contributed by atoms with Gasteiger partial charge in [-0.1, -0.05) is 0 Å². The van der Waals surface area contributed by atoms with E-state index in [1.807, 2.05) is 0 Å². The SMILES string of the molecule is OC1CCn2c(nc3cc(F)ccc32)C1. The first kappa shape index (κ1) is 8.85. The number of hydrogen-bond acceptors (Lipinski definition) is 2. The quantitative estimate of drug-likeness (QED) is 0.709. The van der Waals surface area contributed by atoms with Gasteiger partial charge in [-0.15, -0.1) is 0 Å². The lowest BCUT2D eigenvalue weighted by Crippen LogP contribution is -2.23. The number of rotatable bonds is 0. The molecule has 0 saturated carbocycles. The normalized spacial score (nSPS) is 20.5. The van der Waals surface area contributed by atoms with E-state index in [0.29, 0.717) is 11.9 Å². The number of aromatic nitrogens is 2. The third kappa shape index (κ3) is 1.33. The van der Waals surface area contributed by atoms with Crippen LogP contribution < -0.4 is 0 Å². The fourth-order valence-corrected chi connectivity index (χ4v) is 2.15. The van der Waals surface area contributed by atoms with E-state index in [0.717, 1.165) is 24.3 Å². The van der Waals surface area contributed by atoms with Gasteiger partial charge in [0, 0.05) is 19.0 Å². The molecule has 0 aliphatic carbocycles. The molecule has 1 N–H and O–H groups in total. The minimum absolute atomic E-state index is 0.265. The van der Waals surface area contributed by atoms with Gasteiger partial charge in [0.15, 0.2) is 0 Å². The molecular weight excluding hydrogens is 195 g/mol. The Labute approximate surface area is 86.2 Å². The van der Waals surface area contributed by atoms with Gasteiger partial charge in [-0.25, -0.2) is 9.37 Å². The molecule has 2 aromatic rings. The average Bonchev–Trinajstić information content (AvgIpc) is 2.53. The summed E-state index contributed by atoms with van der Waals surface area (Å²) in [5.74, 6) is 0.591. The Balaban J connectivity index is 2.23. The van der Waals surface area contributed by atoms with E-state index in [1.165, 1.54) is 12.1 Å². The van der Waals surface area contributed by atoms with Crippen LogP contribution in [0.2, 0.25) is 0 Å². The standard InChI is InChI=1S/C11H11FN2O/c12-7-1-2-10-9(5-7)13-11-6-8(15)3-4-14(10)11/h1-2,5,8,15H,3-4,6H2. The van der Waals surface area contributed by atoms with Crippen molar-refractivity contribution in [2.75, 3.05) is 0 Å². The van der Waals surface area contributed by atoms with E-state index < -0.39 is 0 Å². The zero-order valence-corrected chi connectivity index (χ0v) is 8.15. The van der Waals surface area contributed by atoms with Crippen molar-refractivity contribution in [2.45, 2.75) is 25.5 Å². The van der Waals surface area contributed by atoms with E-state index in [4.69, 9.17) is 0 Å². The van der Waals surface area contributed by atoms with E-state index in [9.17, 15) is 9.50 Å². The van der Waals surface area contributed by atoms with Gasteiger partial charge < -0.3 is 9.67 Å². The van der Waals surface area contributed by atoms with Crippen LogP contribution in [0.25, 0.3) is 11.0 Å². The number of nitrogens with zero attached hydrogens (tertiary/aromatic N) is 2. The highest BCUT2D eigenvalue weighted by atomic mass is 19.1. The molecule has 3 rings (SSSR count). The van der Waals surface area contributed by atoms with Gasteiger partial charge in [0.05, 0.1) is 17.1 Å². The molecule has 2 heterocycles. The molecule has 0 saturated heterocycles. The molecule has 15 heavy (non-hydrogen) atoms. The molecule has 1 aromatic carbocycles. The van der Waals surface area contributed by atoms with Crippen molar-refractivity contribution in [3.8, 4) is 0 Å². The average molecular weight is 206 g/mol. The lowest BCUT2D eigenvalue weighted by molar-refractivity contribution is 0.142. The van der Waals surface area contributed by atoms with Crippen LogP contribution in [0.3, 0.4) is 0 Å². The predicted molar refractivity (Wildman–Crippen MR) is 54.0 cm³/mol. The highest BCUT2D eigenvalue weighted by Crippen LogP contribution is 2.22. The second-order valence-electron chi connectivity index (χ2n) is 3.96. The maximum absolute atomic E-state index is 13.0. The van der Waals surface area contributed by atoms with E-state index in [2.05, 4.69) is 9.55 Å². The molecule has 1 aliphatic rings. The van der Waals surface area contributed by atoms with Gasteiger partial charge in [-0.2, -0.15) is 0 Å². The second kappa shape index (κ2) is 3.03. The molecule has 1 aliphatic heterocycles. The molecule has 1 aromatic heterocycles. The van der Waals surface area contributed by atoms with Gasteiger partial charge in [-0.05, 0) is 18.6 Å². The van der Waals surface area contributed by atoms with Gasteiger partial charge in [0.2, 0.25) is 0 Å². The second-order valence-corrected chi connectivity index (χ2v) is 3.96. The lowest BCUT2D eigenvalue weighted by Gasteiger charge is -2.19. The van der Waals surface area contributed by atoms with Crippen LogP contribution in [0.1, 0.15) is 12.2 Å². The van der Waals surface area contributed by atoms with Crippen LogP contribution in [0.15, 0.2) is 18.2 Å². The number of aliphatic hydroxyl groups excluding tert-OH is 1. The summed E-state index contributed by atoms with van der Waals surface area (Å²) in [6.45, 7) is 0.763. The number of hydrogen-bond donors (Lipinski definition) is 1. The third-order valence-electron chi connectivity index (χ3n) is 2.89. The Morgan fingerprint density at radius 3 is 3.20 bits per heavy atom. The number of halogens is 1. The van der Waals surface area contributed by atoms with Crippen molar-refractivity contribution >= 4 is 11.0 Å². The van der Waals surface area contributed by atoms with Gasteiger partial charge in [0.1, 0.15) is 11.6 Å². The Morgan fingerprint density at radius 2 is 2.33 bits per heavy atom.